The Labute approximate surface area is 129 Å². The van der Waals surface area contributed by atoms with Crippen LogP contribution < -0.4 is 11.1 Å². The van der Waals surface area contributed by atoms with Gasteiger partial charge in [-0.1, -0.05) is 12.1 Å². The lowest BCUT2D eigenvalue weighted by Gasteiger charge is -2.13. The zero-order valence-corrected chi connectivity index (χ0v) is 12.8. The van der Waals surface area contributed by atoms with Gasteiger partial charge < -0.3 is 16.2 Å². The molecule has 0 radical (unpaired) electrons. The van der Waals surface area contributed by atoms with Crippen LogP contribution in [0.25, 0.3) is 0 Å². The van der Waals surface area contributed by atoms with Gasteiger partial charge >= 0.3 is 5.97 Å². The average Bonchev–Trinajstić information content (AvgIpc) is 2.36. The maximum atomic E-state index is 11.8. The van der Waals surface area contributed by atoms with Gasteiger partial charge in [0.25, 0.3) is 0 Å². The molecule has 1 atom stereocenters. The molecule has 0 aliphatic carbocycles. The molecule has 0 saturated heterocycles. The highest BCUT2D eigenvalue weighted by Crippen LogP contribution is 2.07. The van der Waals surface area contributed by atoms with Gasteiger partial charge in [0.05, 0.1) is 6.42 Å². The molecule has 1 aromatic carbocycles. The van der Waals surface area contributed by atoms with Crippen molar-refractivity contribution in [3.8, 4) is 0 Å². The van der Waals surface area contributed by atoms with Gasteiger partial charge in [-0.2, -0.15) is 0 Å². The van der Waals surface area contributed by atoms with Crippen LogP contribution in [0.1, 0.15) is 18.4 Å². The van der Waals surface area contributed by atoms with Crippen molar-refractivity contribution < 1.29 is 19.5 Å². The zero-order valence-electron chi connectivity index (χ0n) is 10.6. The number of aliphatic carboxylic acids is 1. The van der Waals surface area contributed by atoms with Gasteiger partial charge in [0, 0.05) is 9.99 Å². The van der Waals surface area contributed by atoms with Crippen molar-refractivity contribution in [1.82, 2.24) is 5.32 Å². The number of rotatable bonds is 7. The molecule has 2 amide bonds. The molecule has 1 aromatic rings. The van der Waals surface area contributed by atoms with E-state index in [1.165, 1.54) is 0 Å². The minimum absolute atomic E-state index is 0.0108. The van der Waals surface area contributed by atoms with E-state index < -0.39 is 23.8 Å². The van der Waals surface area contributed by atoms with E-state index in [4.69, 9.17) is 10.8 Å². The van der Waals surface area contributed by atoms with E-state index in [1.54, 1.807) is 12.1 Å². The minimum Gasteiger partial charge on any atom is -0.480 e. The smallest absolute Gasteiger partial charge is 0.326 e. The molecular formula is C13H15IN2O4. The van der Waals surface area contributed by atoms with E-state index in [9.17, 15) is 14.4 Å². The number of primary amides is 1. The molecular weight excluding hydrogens is 375 g/mol. The molecule has 1 rings (SSSR count). The number of carbonyl (C=O) groups is 3. The number of carboxylic acids is 1. The second-order valence-corrected chi connectivity index (χ2v) is 5.51. The molecule has 0 bridgehead atoms. The summed E-state index contributed by atoms with van der Waals surface area (Å²) in [7, 11) is 0. The van der Waals surface area contributed by atoms with Crippen LogP contribution in [0.2, 0.25) is 0 Å². The lowest BCUT2D eigenvalue weighted by molar-refractivity contribution is -0.142. The van der Waals surface area contributed by atoms with Gasteiger partial charge in [-0.3, -0.25) is 9.59 Å². The summed E-state index contributed by atoms with van der Waals surface area (Å²) in [5.41, 5.74) is 5.76. The molecule has 4 N–H and O–H groups in total. The third-order valence-electron chi connectivity index (χ3n) is 2.59. The van der Waals surface area contributed by atoms with E-state index in [0.29, 0.717) is 0 Å². The molecule has 0 heterocycles. The van der Waals surface area contributed by atoms with Gasteiger partial charge in [0.2, 0.25) is 11.8 Å². The molecule has 7 heteroatoms. The fourth-order valence-corrected chi connectivity index (χ4v) is 1.94. The highest BCUT2D eigenvalue weighted by Gasteiger charge is 2.20. The summed E-state index contributed by atoms with van der Waals surface area (Å²) in [5.74, 6) is -2.17. The van der Waals surface area contributed by atoms with Crippen LogP contribution in [0.4, 0.5) is 0 Å². The first-order valence-corrected chi connectivity index (χ1v) is 7.01. The molecule has 0 aliphatic rings. The molecule has 0 aliphatic heterocycles. The first-order valence-electron chi connectivity index (χ1n) is 5.93. The van der Waals surface area contributed by atoms with Crippen LogP contribution in [-0.4, -0.2) is 28.9 Å². The molecule has 108 valence electrons. The van der Waals surface area contributed by atoms with Gasteiger partial charge in [0.1, 0.15) is 6.04 Å². The number of nitrogens with one attached hydrogen (secondary N) is 1. The zero-order chi connectivity index (χ0) is 15.1. The van der Waals surface area contributed by atoms with Crippen molar-refractivity contribution in [2.45, 2.75) is 25.3 Å². The second kappa shape index (κ2) is 7.83. The quantitative estimate of drug-likeness (QED) is 0.595. The number of hydrogen-bond donors (Lipinski definition) is 3. The summed E-state index contributed by atoms with van der Waals surface area (Å²) < 4.78 is 1.05. The minimum atomic E-state index is -1.18. The summed E-state index contributed by atoms with van der Waals surface area (Å²) in [6.45, 7) is 0. The largest absolute Gasteiger partial charge is 0.480 e. The predicted molar refractivity (Wildman–Crippen MR) is 80.9 cm³/mol. The lowest BCUT2D eigenvalue weighted by Crippen LogP contribution is -2.42. The van der Waals surface area contributed by atoms with Gasteiger partial charge in [-0.25, -0.2) is 4.79 Å². The third-order valence-corrected chi connectivity index (χ3v) is 3.31. The fraction of sp³-hybridized carbons (Fsp3) is 0.308. The van der Waals surface area contributed by atoms with Crippen LogP contribution >= 0.6 is 22.6 Å². The molecule has 0 spiro atoms. The fourth-order valence-electron chi connectivity index (χ4n) is 1.58. The lowest BCUT2D eigenvalue weighted by atomic mass is 10.1. The van der Waals surface area contributed by atoms with E-state index in [2.05, 4.69) is 27.9 Å². The monoisotopic (exact) mass is 390 g/mol. The number of carbonyl (C=O) groups excluding carboxylic acids is 2. The topological polar surface area (TPSA) is 109 Å². The number of nitrogens with two attached hydrogens (primary N) is 1. The second-order valence-electron chi connectivity index (χ2n) is 4.27. The van der Waals surface area contributed by atoms with Gasteiger partial charge in [-0.05, 0) is 46.7 Å². The Morgan fingerprint density at radius 3 is 2.35 bits per heavy atom. The van der Waals surface area contributed by atoms with Crippen LogP contribution in [0.3, 0.4) is 0 Å². The van der Waals surface area contributed by atoms with E-state index in [1.807, 2.05) is 12.1 Å². The van der Waals surface area contributed by atoms with E-state index in [0.717, 1.165) is 9.13 Å². The summed E-state index contributed by atoms with van der Waals surface area (Å²) in [5, 5.41) is 11.4. The molecule has 6 nitrogen and oxygen atoms in total. The van der Waals surface area contributed by atoms with Crippen molar-refractivity contribution in [2.75, 3.05) is 0 Å². The molecule has 0 unspecified atom stereocenters. The first-order chi connectivity index (χ1) is 9.38. The number of halogens is 1. The predicted octanol–water partition coefficient (Wildman–Crippen LogP) is 0.669. The first kappa shape index (κ1) is 16.4. The maximum absolute atomic E-state index is 11.8. The third kappa shape index (κ3) is 6.00. The normalized spacial score (nSPS) is 11.7. The number of carboxylic acid groups (broad SMARTS) is 1. The molecule has 0 aromatic heterocycles. The summed E-state index contributed by atoms with van der Waals surface area (Å²) >= 11 is 2.15. The SMILES string of the molecule is NC(=O)CC[C@H](NC(=O)Cc1ccc(I)cc1)C(=O)O. The maximum Gasteiger partial charge on any atom is 0.326 e. The van der Waals surface area contributed by atoms with Crippen molar-refractivity contribution >= 4 is 40.4 Å². The molecule has 0 fully saturated rings. The Kier molecular flexibility index (Phi) is 6.43. The van der Waals surface area contributed by atoms with Crippen LogP contribution in [0.15, 0.2) is 24.3 Å². The van der Waals surface area contributed by atoms with Crippen molar-refractivity contribution in [3.63, 3.8) is 0 Å². The highest BCUT2D eigenvalue weighted by molar-refractivity contribution is 14.1. The number of amides is 2. The number of benzene rings is 1. The Morgan fingerprint density at radius 2 is 1.85 bits per heavy atom. The standard InChI is InChI=1S/C13H15IN2O4/c14-9-3-1-8(2-4-9)7-12(18)16-10(13(19)20)5-6-11(15)17/h1-4,10H,5-7H2,(H2,15,17)(H,16,18)(H,19,20)/t10-/m0/s1. The van der Waals surface area contributed by atoms with E-state index in [-0.39, 0.29) is 19.3 Å². The Morgan fingerprint density at radius 1 is 1.25 bits per heavy atom. The van der Waals surface area contributed by atoms with Crippen molar-refractivity contribution in [2.24, 2.45) is 5.73 Å². The number of hydrogen-bond acceptors (Lipinski definition) is 3. The van der Waals surface area contributed by atoms with E-state index >= 15 is 0 Å². The average molecular weight is 390 g/mol. The molecule has 0 saturated carbocycles. The summed E-state index contributed by atoms with van der Waals surface area (Å²) in [4.78, 5) is 33.4. The van der Waals surface area contributed by atoms with Crippen LogP contribution in [0, 0.1) is 3.57 Å². The Hall–Kier alpha value is -1.64. The summed E-state index contributed by atoms with van der Waals surface area (Å²) in [6, 6.07) is 6.25. The Bertz CT molecular complexity index is 502. The molecule has 20 heavy (non-hydrogen) atoms. The van der Waals surface area contributed by atoms with Crippen molar-refractivity contribution in [3.05, 3.63) is 33.4 Å². The van der Waals surface area contributed by atoms with Crippen molar-refractivity contribution in [1.29, 1.82) is 0 Å². The van der Waals surface area contributed by atoms with Gasteiger partial charge in [0.15, 0.2) is 0 Å². The van der Waals surface area contributed by atoms with Crippen LogP contribution in [0.5, 0.6) is 0 Å². The highest BCUT2D eigenvalue weighted by atomic mass is 127. The van der Waals surface area contributed by atoms with Crippen LogP contribution in [-0.2, 0) is 20.8 Å². The Balaban J connectivity index is 2.55. The van der Waals surface area contributed by atoms with Gasteiger partial charge in [-0.15, -0.1) is 0 Å². The summed E-state index contributed by atoms with van der Waals surface area (Å²) in [6.07, 6.45) is 0.00114.